The normalized spacial score (nSPS) is 23.7. The van der Waals surface area contributed by atoms with E-state index in [0.29, 0.717) is 16.8 Å². The Morgan fingerprint density at radius 2 is 2.03 bits per heavy atom. The largest absolute Gasteiger partial charge is 0.382 e. The lowest BCUT2D eigenvalue weighted by molar-refractivity contribution is 0.192. The van der Waals surface area contributed by atoms with Gasteiger partial charge in [-0.15, -0.1) is 0 Å². The van der Waals surface area contributed by atoms with Crippen molar-refractivity contribution in [1.29, 1.82) is 0 Å². The zero-order chi connectivity index (χ0) is 20.8. The second-order valence-corrected chi connectivity index (χ2v) is 9.79. The van der Waals surface area contributed by atoms with Gasteiger partial charge in [-0.25, -0.2) is 0 Å². The first-order valence-electron chi connectivity index (χ1n) is 10.3. The van der Waals surface area contributed by atoms with E-state index >= 15 is 0 Å². The molecule has 2 aromatic rings. The molecule has 0 unspecified atom stereocenters. The third-order valence-corrected chi connectivity index (χ3v) is 7.94. The van der Waals surface area contributed by atoms with E-state index in [4.69, 9.17) is 11.5 Å². The van der Waals surface area contributed by atoms with E-state index in [0.717, 1.165) is 42.8 Å². The topological polar surface area (TPSA) is 103 Å². The van der Waals surface area contributed by atoms with Crippen molar-refractivity contribution in [2.75, 3.05) is 23.7 Å². The van der Waals surface area contributed by atoms with Crippen LogP contribution in [0.4, 0.5) is 11.8 Å². The van der Waals surface area contributed by atoms with Crippen molar-refractivity contribution in [2.45, 2.75) is 55.4 Å². The van der Waals surface area contributed by atoms with Crippen LogP contribution in [0, 0.1) is 18.3 Å². The Morgan fingerprint density at radius 3 is 2.66 bits per heavy atom. The highest BCUT2D eigenvalue weighted by Gasteiger charge is 2.46. The number of hydrogen-bond acceptors (Lipinski definition) is 7. The number of piperidine rings is 1. The lowest BCUT2D eigenvalue weighted by Crippen LogP contribution is -2.48. The molecule has 2 aromatic heterocycles. The molecule has 1 saturated heterocycles. The number of anilines is 2. The highest BCUT2D eigenvalue weighted by atomic mass is 32.2. The third kappa shape index (κ3) is 3.64. The van der Waals surface area contributed by atoms with E-state index < -0.39 is 0 Å². The van der Waals surface area contributed by atoms with E-state index in [1.807, 2.05) is 13.0 Å². The van der Waals surface area contributed by atoms with Gasteiger partial charge in [-0.1, -0.05) is 18.7 Å². The zero-order valence-electron chi connectivity index (χ0n) is 17.4. The lowest BCUT2D eigenvalue weighted by atomic mass is 9.74. The van der Waals surface area contributed by atoms with Crippen molar-refractivity contribution in [2.24, 2.45) is 24.1 Å². The number of aryl methyl sites for hydroxylation is 1. The van der Waals surface area contributed by atoms with E-state index in [-0.39, 0.29) is 22.8 Å². The maximum Gasteiger partial charge on any atom is 0.270 e. The molecule has 1 saturated carbocycles. The van der Waals surface area contributed by atoms with Gasteiger partial charge in [-0.3, -0.25) is 14.3 Å². The Balaban J connectivity index is 1.57. The minimum atomic E-state index is -0.111. The molecule has 1 aliphatic heterocycles. The summed E-state index contributed by atoms with van der Waals surface area (Å²) < 4.78 is 1.63. The van der Waals surface area contributed by atoms with Gasteiger partial charge in [0.1, 0.15) is 10.7 Å². The van der Waals surface area contributed by atoms with E-state index in [2.05, 4.69) is 21.8 Å². The quantitative estimate of drug-likeness (QED) is 0.795. The number of rotatable bonds is 3. The standard InChI is InChI=1S/C21H30N6OS/c1-13-10-16(22)21(11-13)5-8-27(9-6-21)20-25-18(23)17(19(28)26(20)3)29-15-4-7-24-12-14(15)2/h4,7,12-13,16H,5-6,8-11,22-23H2,1-3H3/t13-,16+/m0/s1. The van der Waals surface area contributed by atoms with Gasteiger partial charge in [0.05, 0.1) is 0 Å². The smallest absolute Gasteiger partial charge is 0.270 e. The van der Waals surface area contributed by atoms with Crippen LogP contribution in [0.2, 0.25) is 0 Å². The molecule has 0 amide bonds. The molecule has 29 heavy (non-hydrogen) atoms. The number of hydrogen-bond donors (Lipinski definition) is 2. The Kier molecular flexibility index (Phi) is 5.33. The highest BCUT2D eigenvalue weighted by molar-refractivity contribution is 7.99. The fourth-order valence-corrected chi connectivity index (χ4v) is 5.93. The molecule has 2 aliphatic rings. The lowest BCUT2D eigenvalue weighted by Gasteiger charge is -2.42. The van der Waals surface area contributed by atoms with Crippen LogP contribution in [0.3, 0.4) is 0 Å². The van der Waals surface area contributed by atoms with Crippen LogP contribution < -0.4 is 21.9 Å². The second-order valence-electron chi connectivity index (χ2n) is 8.73. The molecule has 2 fully saturated rings. The summed E-state index contributed by atoms with van der Waals surface area (Å²) in [5.41, 5.74) is 13.9. The van der Waals surface area contributed by atoms with E-state index in [1.165, 1.54) is 18.2 Å². The number of nitrogens with two attached hydrogens (primary N) is 2. The molecule has 8 heteroatoms. The fraction of sp³-hybridized carbons (Fsp3) is 0.571. The summed E-state index contributed by atoms with van der Waals surface area (Å²) in [6, 6.07) is 2.17. The molecular weight excluding hydrogens is 384 g/mol. The molecule has 1 spiro atoms. The zero-order valence-corrected chi connectivity index (χ0v) is 18.2. The molecule has 4 N–H and O–H groups in total. The van der Waals surface area contributed by atoms with Crippen LogP contribution in [-0.4, -0.2) is 33.7 Å². The molecule has 0 bridgehead atoms. The van der Waals surface area contributed by atoms with Gasteiger partial charge in [-0.2, -0.15) is 4.98 Å². The molecular formula is C21H30N6OS. The second kappa shape index (κ2) is 7.65. The highest BCUT2D eigenvalue weighted by Crippen LogP contribution is 2.48. The predicted octanol–water partition coefficient (Wildman–Crippen LogP) is 2.56. The summed E-state index contributed by atoms with van der Waals surface area (Å²) >= 11 is 1.36. The Morgan fingerprint density at radius 1 is 1.31 bits per heavy atom. The average molecular weight is 415 g/mol. The summed E-state index contributed by atoms with van der Waals surface area (Å²) in [6.07, 6.45) is 7.91. The molecule has 7 nitrogen and oxygen atoms in total. The molecule has 4 rings (SSSR count). The number of nitrogens with zero attached hydrogens (tertiary/aromatic N) is 4. The molecule has 156 valence electrons. The van der Waals surface area contributed by atoms with Crippen LogP contribution in [0.5, 0.6) is 0 Å². The fourth-order valence-electron chi connectivity index (χ4n) is 4.99. The average Bonchev–Trinajstić information content (AvgIpc) is 2.97. The number of pyridine rings is 1. The minimum Gasteiger partial charge on any atom is -0.382 e. The first-order valence-corrected chi connectivity index (χ1v) is 11.1. The van der Waals surface area contributed by atoms with Crippen molar-refractivity contribution < 1.29 is 0 Å². The predicted molar refractivity (Wildman–Crippen MR) is 117 cm³/mol. The first kappa shape index (κ1) is 20.2. The summed E-state index contributed by atoms with van der Waals surface area (Å²) in [5, 5.41) is 0. The van der Waals surface area contributed by atoms with Gasteiger partial charge in [0.15, 0.2) is 0 Å². The van der Waals surface area contributed by atoms with Crippen LogP contribution in [-0.2, 0) is 7.05 Å². The van der Waals surface area contributed by atoms with Crippen molar-refractivity contribution >= 4 is 23.5 Å². The molecule has 0 radical (unpaired) electrons. The number of nitrogen functional groups attached to an aromatic ring is 1. The summed E-state index contributed by atoms with van der Waals surface area (Å²) in [6.45, 7) is 5.98. The third-order valence-electron chi connectivity index (χ3n) is 6.67. The van der Waals surface area contributed by atoms with Crippen LogP contribution >= 0.6 is 11.8 Å². The first-order chi connectivity index (χ1) is 13.8. The molecule has 3 heterocycles. The Hall–Kier alpha value is -2.06. The molecule has 2 atom stereocenters. The minimum absolute atomic E-state index is 0.111. The van der Waals surface area contributed by atoms with Gasteiger partial charge < -0.3 is 16.4 Å². The van der Waals surface area contributed by atoms with E-state index in [1.54, 1.807) is 24.0 Å². The van der Waals surface area contributed by atoms with Gasteiger partial charge in [0.2, 0.25) is 5.95 Å². The summed E-state index contributed by atoms with van der Waals surface area (Å²) in [4.78, 5) is 25.4. The SMILES string of the molecule is Cc1cnccc1Sc1c(N)nc(N2CCC3(CC2)C[C@@H](C)C[C@H]3N)n(C)c1=O. The maximum atomic E-state index is 13.1. The van der Waals surface area contributed by atoms with Gasteiger partial charge in [-0.05, 0) is 55.6 Å². The van der Waals surface area contributed by atoms with Crippen molar-refractivity contribution in [3.05, 3.63) is 34.4 Å². The molecule has 1 aliphatic carbocycles. The number of aromatic nitrogens is 3. The molecule has 0 aromatic carbocycles. The van der Waals surface area contributed by atoms with Crippen LogP contribution in [0.1, 0.15) is 38.2 Å². The van der Waals surface area contributed by atoms with Crippen LogP contribution in [0.25, 0.3) is 0 Å². The van der Waals surface area contributed by atoms with E-state index in [9.17, 15) is 4.79 Å². The van der Waals surface area contributed by atoms with Gasteiger partial charge >= 0.3 is 0 Å². The maximum absolute atomic E-state index is 13.1. The Bertz CT molecular complexity index is 966. The van der Waals surface area contributed by atoms with Crippen molar-refractivity contribution in [1.82, 2.24) is 14.5 Å². The Labute approximate surface area is 175 Å². The van der Waals surface area contributed by atoms with Gasteiger partial charge in [0, 0.05) is 43.5 Å². The van der Waals surface area contributed by atoms with Crippen LogP contribution in [0.15, 0.2) is 33.0 Å². The van der Waals surface area contributed by atoms with Gasteiger partial charge in [0.25, 0.3) is 5.56 Å². The monoisotopic (exact) mass is 414 g/mol. The summed E-state index contributed by atoms with van der Waals surface area (Å²) in [7, 11) is 1.78. The van der Waals surface area contributed by atoms with Crippen molar-refractivity contribution in [3.8, 4) is 0 Å². The summed E-state index contributed by atoms with van der Waals surface area (Å²) in [5.74, 6) is 1.64. The van der Waals surface area contributed by atoms with Crippen molar-refractivity contribution in [3.63, 3.8) is 0 Å².